The summed E-state index contributed by atoms with van der Waals surface area (Å²) in [7, 11) is 1.37. The van der Waals surface area contributed by atoms with Gasteiger partial charge in [-0.05, 0) is 13.8 Å². The second kappa shape index (κ2) is 5.28. The number of esters is 1. The molecule has 0 fully saturated rings. The number of hydrogen-bond acceptors (Lipinski definition) is 4. The smallest absolute Gasteiger partial charge is 0.308 e. The average molecular weight is 214 g/mol. The van der Waals surface area contributed by atoms with Gasteiger partial charge in [0, 0.05) is 6.42 Å². The first-order valence-electron chi connectivity index (χ1n) is 5.05. The van der Waals surface area contributed by atoms with Crippen molar-refractivity contribution in [1.29, 1.82) is 0 Å². The summed E-state index contributed by atoms with van der Waals surface area (Å²) < 4.78 is 15.6. The van der Waals surface area contributed by atoms with Crippen LogP contribution in [0.2, 0.25) is 0 Å². The van der Waals surface area contributed by atoms with E-state index in [9.17, 15) is 4.79 Å². The molecule has 15 heavy (non-hydrogen) atoms. The second-order valence-electron chi connectivity index (χ2n) is 4.10. The fourth-order valence-corrected chi connectivity index (χ4v) is 1.41. The molecule has 86 valence electrons. The predicted molar refractivity (Wildman–Crippen MR) is 55.3 cm³/mol. The fraction of sp³-hybridized carbons (Fsp3) is 0.727. The molecule has 1 aliphatic rings. The molecule has 0 saturated carbocycles. The Kier molecular flexibility index (Phi) is 4.29. The van der Waals surface area contributed by atoms with E-state index in [1.165, 1.54) is 7.11 Å². The van der Waals surface area contributed by atoms with Gasteiger partial charge in [-0.15, -0.1) is 0 Å². The largest absolute Gasteiger partial charge is 0.469 e. The van der Waals surface area contributed by atoms with Crippen molar-refractivity contribution < 1.29 is 19.0 Å². The Labute approximate surface area is 90.2 Å². The zero-order valence-electron chi connectivity index (χ0n) is 9.49. The van der Waals surface area contributed by atoms with Gasteiger partial charge in [0.05, 0.1) is 25.7 Å². The molecule has 0 N–H and O–H groups in total. The number of carbonyl (C=O) groups excluding carboxylic acids is 1. The summed E-state index contributed by atoms with van der Waals surface area (Å²) in [6.07, 6.45) is 4.67. The van der Waals surface area contributed by atoms with E-state index in [1.54, 1.807) is 0 Å². The highest BCUT2D eigenvalue weighted by atomic mass is 16.7. The van der Waals surface area contributed by atoms with E-state index in [0.717, 1.165) is 6.42 Å². The lowest BCUT2D eigenvalue weighted by atomic mass is 10.1. The summed E-state index contributed by atoms with van der Waals surface area (Å²) >= 11 is 0. The lowest BCUT2D eigenvalue weighted by Crippen LogP contribution is -2.35. The van der Waals surface area contributed by atoms with Crippen molar-refractivity contribution in [2.24, 2.45) is 0 Å². The third-order valence-electron chi connectivity index (χ3n) is 2.12. The van der Waals surface area contributed by atoms with Crippen LogP contribution in [-0.4, -0.2) is 31.6 Å². The van der Waals surface area contributed by atoms with Crippen LogP contribution >= 0.6 is 0 Å². The molecular formula is C11H18O4. The first kappa shape index (κ1) is 12.2. The van der Waals surface area contributed by atoms with Crippen LogP contribution < -0.4 is 0 Å². The molecule has 0 aromatic carbocycles. The monoisotopic (exact) mass is 214 g/mol. The molecule has 4 heteroatoms. The fourth-order valence-electron chi connectivity index (χ4n) is 1.41. The molecule has 1 unspecified atom stereocenters. The Hall–Kier alpha value is -0.870. The number of carbonyl (C=O) groups is 1. The summed E-state index contributed by atoms with van der Waals surface area (Å²) in [5, 5.41) is 0. The molecule has 0 amide bonds. The van der Waals surface area contributed by atoms with Crippen molar-refractivity contribution in [3.8, 4) is 0 Å². The summed E-state index contributed by atoms with van der Waals surface area (Å²) in [6, 6.07) is 0. The van der Waals surface area contributed by atoms with Gasteiger partial charge in [-0.25, -0.2) is 0 Å². The van der Waals surface area contributed by atoms with Gasteiger partial charge in [0.2, 0.25) is 0 Å². The molecule has 4 nitrogen and oxygen atoms in total. The van der Waals surface area contributed by atoms with Crippen LogP contribution in [0.5, 0.6) is 0 Å². The third-order valence-corrected chi connectivity index (χ3v) is 2.12. The van der Waals surface area contributed by atoms with Gasteiger partial charge in [0.1, 0.15) is 0 Å². The lowest BCUT2D eigenvalue weighted by molar-refractivity contribution is -0.202. The molecule has 0 radical (unpaired) electrons. The highest BCUT2D eigenvalue weighted by molar-refractivity contribution is 5.70. The number of hydrogen-bond donors (Lipinski definition) is 0. The molecule has 0 spiro atoms. The van der Waals surface area contributed by atoms with Crippen molar-refractivity contribution in [3.05, 3.63) is 12.2 Å². The summed E-state index contributed by atoms with van der Waals surface area (Å²) in [4.78, 5) is 11.1. The van der Waals surface area contributed by atoms with Gasteiger partial charge >= 0.3 is 5.97 Å². The molecule has 0 aliphatic carbocycles. The molecule has 0 bridgehead atoms. The van der Waals surface area contributed by atoms with E-state index in [0.29, 0.717) is 6.61 Å². The van der Waals surface area contributed by atoms with E-state index in [2.05, 4.69) is 4.74 Å². The highest BCUT2D eigenvalue weighted by Gasteiger charge is 2.27. The van der Waals surface area contributed by atoms with E-state index in [4.69, 9.17) is 9.47 Å². The molecule has 0 aromatic heterocycles. The molecule has 1 atom stereocenters. The Balaban J connectivity index is 2.40. The standard InChI is InChI=1S/C11H18O4/c1-11(2,8-9(12)13-3)15-10-6-4-5-7-14-10/h4-5,10H,6-8H2,1-3H3. The summed E-state index contributed by atoms with van der Waals surface area (Å²) in [5.74, 6) is -0.272. The second-order valence-corrected chi connectivity index (χ2v) is 4.10. The first-order chi connectivity index (χ1) is 7.03. The van der Waals surface area contributed by atoms with Crippen molar-refractivity contribution in [2.75, 3.05) is 13.7 Å². The number of rotatable bonds is 4. The van der Waals surface area contributed by atoms with Crippen LogP contribution in [0.3, 0.4) is 0 Å². The van der Waals surface area contributed by atoms with Gasteiger partial charge in [0.25, 0.3) is 0 Å². The molecule has 1 rings (SSSR count). The Morgan fingerprint density at radius 1 is 1.53 bits per heavy atom. The SMILES string of the molecule is COC(=O)CC(C)(C)OC1CC=CCO1. The van der Waals surface area contributed by atoms with E-state index in [-0.39, 0.29) is 18.7 Å². The molecule has 1 heterocycles. The molecule has 0 aromatic rings. The minimum absolute atomic E-state index is 0.229. The first-order valence-corrected chi connectivity index (χ1v) is 5.05. The molecule has 1 aliphatic heterocycles. The minimum atomic E-state index is -0.553. The lowest BCUT2D eigenvalue weighted by Gasteiger charge is -2.30. The highest BCUT2D eigenvalue weighted by Crippen LogP contribution is 2.21. The molecule has 0 saturated heterocycles. The Morgan fingerprint density at radius 2 is 2.27 bits per heavy atom. The van der Waals surface area contributed by atoms with Crippen LogP contribution in [0, 0.1) is 0 Å². The Bertz CT molecular complexity index is 245. The van der Waals surface area contributed by atoms with Crippen LogP contribution in [0.4, 0.5) is 0 Å². The molecular weight excluding hydrogens is 196 g/mol. The van der Waals surface area contributed by atoms with Gasteiger partial charge in [-0.3, -0.25) is 4.79 Å². The maximum atomic E-state index is 11.1. The van der Waals surface area contributed by atoms with Gasteiger partial charge < -0.3 is 14.2 Å². The maximum absolute atomic E-state index is 11.1. The van der Waals surface area contributed by atoms with Crippen molar-refractivity contribution in [3.63, 3.8) is 0 Å². The topological polar surface area (TPSA) is 44.8 Å². The van der Waals surface area contributed by atoms with Crippen LogP contribution in [0.15, 0.2) is 12.2 Å². The quantitative estimate of drug-likeness (QED) is 0.527. The van der Waals surface area contributed by atoms with E-state index in [1.807, 2.05) is 26.0 Å². The van der Waals surface area contributed by atoms with Crippen molar-refractivity contribution in [1.82, 2.24) is 0 Å². The van der Waals surface area contributed by atoms with Crippen molar-refractivity contribution in [2.45, 2.75) is 38.6 Å². The van der Waals surface area contributed by atoms with E-state index >= 15 is 0 Å². The van der Waals surface area contributed by atoms with Gasteiger partial charge in [-0.1, -0.05) is 12.2 Å². The normalized spacial score (nSPS) is 21.4. The maximum Gasteiger partial charge on any atom is 0.308 e. The van der Waals surface area contributed by atoms with Gasteiger partial charge in [-0.2, -0.15) is 0 Å². The van der Waals surface area contributed by atoms with Crippen LogP contribution in [0.1, 0.15) is 26.7 Å². The summed E-state index contributed by atoms with van der Waals surface area (Å²) in [5.41, 5.74) is -0.553. The third kappa shape index (κ3) is 4.44. The van der Waals surface area contributed by atoms with Crippen molar-refractivity contribution >= 4 is 5.97 Å². The predicted octanol–water partition coefficient (Wildman–Crippen LogP) is 1.65. The number of methoxy groups -OCH3 is 1. The summed E-state index contributed by atoms with van der Waals surface area (Å²) in [6.45, 7) is 4.27. The minimum Gasteiger partial charge on any atom is -0.469 e. The number of ether oxygens (including phenoxy) is 3. The van der Waals surface area contributed by atoms with Crippen LogP contribution in [0.25, 0.3) is 0 Å². The zero-order valence-corrected chi connectivity index (χ0v) is 9.49. The van der Waals surface area contributed by atoms with Gasteiger partial charge in [0.15, 0.2) is 6.29 Å². The zero-order chi connectivity index (χ0) is 11.3. The average Bonchev–Trinajstić information content (AvgIpc) is 2.17. The van der Waals surface area contributed by atoms with Crippen LogP contribution in [-0.2, 0) is 19.0 Å². The van der Waals surface area contributed by atoms with E-state index < -0.39 is 5.60 Å². The Morgan fingerprint density at radius 3 is 2.80 bits per heavy atom.